The number of nitrogens with zero attached hydrogens (tertiary/aromatic N) is 2. The van der Waals surface area contributed by atoms with Crippen molar-refractivity contribution in [1.82, 2.24) is 15.1 Å². The summed E-state index contributed by atoms with van der Waals surface area (Å²) >= 11 is 0. The largest absolute Gasteiger partial charge is 0.377 e. The molecular weight excluding hydrogens is 238 g/mol. The number of benzene rings is 1. The molecular formula is C15H21N3O. The Morgan fingerprint density at radius 3 is 2.63 bits per heavy atom. The van der Waals surface area contributed by atoms with E-state index in [0.717, 1.165) is 19.7 Å². The molecule has 0 unspecified atom stereocenters. The molecule has 0 saturated carbocycles. The van der Waals surface area contributed by atoms with Crippen molar-refractivity contribution >= 4 is 0 Å². The molecule has 0 fully saturated rings. The first-order chi connectivity index (χ1) is 9.31. The Kier molecular flexibility index (Phi) is 5.12. The lowest BCUT2D eigenvalue weighted by Gasteiger charge is -2.10. The Morgan fingerprint density at radius 2 is 1.95 bits per heavy atom. The maximum absolute atomic E-state index is 5.49. The first kappa shape index (κ1) is 13.8. The van der Waals surface area contributed by atoms with Gasteiger partial charge in [0.05, 0.1) is 12.3 Å². The zero-order chi connectivity index (χ0) is 13.5. The highest BCUT2D eigenvalue weighted by atomic mass is 16.5. The van der Waals surface area contributed by atoms with Crippen LogP contribution in [0, 0.1) is 0 Å². The van der Waals surface area contributed by atoms with E-state index in [1.165, 1.54) is 16.8 Å². The number of hydrogen-bond donors (Lipinski definition) is 1. The first-order valence-corrected chi connectivity index (χ1v) is 6.63. The van der Waals surface area contributed by atoms with Crippen molar-refractivity contribution in [3.8, 4) is 0 Å². The highest BCUT2D eigenvalue weighted by molar-refractivity contribution is 5.26. The minimum Gasteiger partial charge on any atom is -0.377 e. The van der Waals surface area contributed by atoms with Crippen LogP contribution in [0.2, 0.25) is 0 Å². The molecule has 2 rings (SSSR count). The van der Waals surface area contributed by atoms with Crippen molar-refractivity contribution in [2.24, 2.45) is 7.05 Å². The lowest BCUT2D eigenvalue weighted by atomic mass is 10.1. The number of hydrogen-bond acceptors (Lipinski definition) is 3. The van der Waals surface area contributed by atoms with Crippen molar-refractivity contribution in [3.63, 3.8) is 0 Å². The van der Waals surface area contributed by atoms with Crippen LogP contribution in [0.1, 0.15) is 23.7 Å². The highest BCUT2D eigenvalue weighted by Gasteiger charge is 2.02. The zero-order valence-corrected chi connectivity index (χ0v) is 11.6. The molecule has 4 heteroatoms. The van der Waals surface area contributed by atoms with E-state index in [2.05, 4.69) is 34.7 Å². The monoisotopic (exact) mass is 259 g/mol. The molecule has 0 bridgehead atoms. The Bertz CT molecular complexity index is 508. The highest BCUT2D eigenvalue weighted by Crippen LogP contribution is 2.10. The molecule has 1 aromatic heterocycles. The summed E-state index contributed by atoms with van der Waals surface area (Å²) in [5.74, 6) is 0. The molecule has 0 aliphatic carbocycles. The summed E-state index contributed by atoms with van der Waals surface area (Å²) in [6.45, 7) is 5.11. The number of aryl methyl sites for hydroxylation is 1. The van der Waals surface area contributed by atoms with Crippen LogP contribution in [-0.4, -0.2) is 16.4 Å². The molecule has 0 atom stereocenters. The van der Waals surface area contributed by atoms with Crippen LogP contribution in [0.3, 0.4) is 0 Å². The van der Waals surface area contributed by atoms with Crippen molar-refractivity contribution in [2.45, 2.75) is 26.6 Å². The molecule has 4 nitrogen and oxygen atoms in total. The minimum absolute atomic E-state index is 0.681. The van der Waals surface area contributed by atoms with E-state index in [1.54, 1.807) is 0 Å². The van der Waals surface area contributed by atoms with Crippen molar-refractivity contribution in [2.75, 3.05) is 6.61 Å². The summed E-state index contributed by atoms with van der Waals surface area (Å²) in [6, 6.07) is 10.4. The van der Waals surface area contributed by atoms with Crippen LogP contribution in [0.4, 0.5) is 0 Å². The number of rotatable bonds is 7. The molecule has 0 saturated heterocycles. The predicted molar refractivity (Wildman–Crippen MR) is 75.5 cm³/mol. The Labute approximate surface area is 114 Å². The average molecular weight is 259 g/mol. The van der Waals surface area contributed by atoms with E-state index < -0.39 is 0 Å². The fourth-order valence-electron chi connectivity index (χ4n) is 1.98. The summed E-state index contributed by atoms with van der Waals surface area (Å²) in [6.07, 6.45) is 1.82. The van der Waals surface area contributed by atoms with Gasteiger partial charge in [0.1, 0.15) is 0 Å². The topological polar surface area (TPSA) is 39.1 Å². The summed E-state index contributed by atoms with van der Waals surface area (Å²) in [7, 11) is 1.96. The molecule has 0 amide bonds. The Hall–Kier alpha value is -1.65. The number of aromatic nitrogens is 2. The van der Waals surface area contributed by atoms with Gasteiger partial charge in [-0.05, 0) is 24.1 Å². The van der Waals surface area contributed by atoms with E-state index >= 15 is 0 Å². The smallest absolute Gasteiger partial charge is 0.0719 e. The lowest BCUT2D eigenvalue weighted by Crippen LogP contribution is -2.16. The van der Waals surface area contributed by atoms with Gasteiger partial charge in [-0.2, -0.15) is 5.10 Å². The van der Waals surface area contributed by atoms with Crippen molar-refractivity contribution in [3.05, 3.63) is 53.3 Å². The molecule has 102 valence electrons. The van der Waals surface area contributed by atoms with Gasteiger partial charge in [0.15, 0.2) is 0 Å². The molecule has 1 heterocycles. The first-order valence-electron chi connectivity index (χ1n) is 6.63. The van der Waals surface area contributed by atoms with E-state index in [1.807, 2.05) is 30.9 Å². The maximum atomic E-state index is 5.49. The van der Waals surface area contributed by atoms with Crippen molar-refractivity contribution in [1.29, 1.82) is 0 Å². The molecule has 0 spiro atoms. The second-order valence-electron chi connectivity index (χ2n) is 4.46. The third kappa shape index (κ3) is 3.91. The molecule has 0 aliphatic heterocycles. The minimum atomic E-state index is 0.681. The van der Waals surface area contributed by atoms with E-state index in [4.69, 9.17) is 4.74 Å². The lowest BCUT2D eigenvalue weighted by molar-refractivity contribution is 0.133. The van der Waals surface area contributed by atoms with Gasteiger partial charge < -0.3 is 10.1 Å². The van der Waals surface area contributed by atoms with Crippen LogP contribution in [-0.2, 0) is 31.5 Å². The standard InChI is InChI=1S/C15H21N3O/c1-3-19-12-14-7-5-4-6-13(14)10-16-11-15-8-9-17-18(15)2/h4-9,16H,3,10-12H2,1-2H3. The van der Waals surface area contributed by atoms with Crippen molar-refractivity contribution < 1.29 is 4.74 Å². The van der Waals surface area contributed by atoms with Gasteiger partial charge in [-0.3, -0.25) is 4.68 Å². The van der Waals surface area contributed by atoms with Crippen LogP contribution in [0.5, 0.6) is 0 Å². The van der Waals surface area contributed by atoms with Crippen LogP contribution < -0.4 is 5.32 Å². The molecule has 1 aromatic carbocycles. The molecule has 1 N–H and O–H groups in total. The fourth-order valence-corrected chi connectivity index (χ4v) is 1.98. The average Bonchev–Trinajstić information content (AvgIpc) is 2.83. The summed E-state index contributed by atoms with van der Waals surface area (Å²) in [5, 5.41) is 7.60. The van der Waals surface area contributed by atoms with Crippen LogP contribution in [0.25, 0.3) is 0 Å². The van der Waals surface area contributed by atoms with Gasteiger partial charge in [-0.25, -0.2) is 0 Å². The quantitative estimate of drug-likeness (QED) is 0.829. The SMILES string of the molecule is CCOCc1ccccc1CNCc1ccnn1C. The van der Waals surface area contributed by atoms with E-state index in [9.17, 15) is 0 Å². The van der Waals surface area contributed by atoms with Gasteiger partial charge in [0, 0.05) is 32.9 Å². The Balaban J connectivity index is 1.90. The summed E-state index contributed by atoms with van der Waals surface area (Å²) in [5.41, 5.74) is 3.72. The third-order valence-electron chi connectivity index (χ3n) is 3.12. The normalized spacial score (nSPS) is 10.8. The second-order valence-corrected chi connectivity index (χ2v) is 4.46. The second kappa shape index (κ2) is 7.07. The molecule has 2 aromatic rings. The van der Waals surface area contributed by atoms with Crippen LogP contribution >= 0.6 is 0 Å². The number of nitrogens with one attached hydrogen (secondary N) is 1. The van der Waals surface area contributed by atoms with Gasteiger partial charge in [-0.1, -0.05) is 24.3 Å². The predicted octanol–water partition coefficient (Wildman–Crippen LogP) is 2.25. The molecule has 0 aliphatic rings. The third-order valence-corrected chi connectivity index (χ3v) is 3.12. The van der Waals surface area contributed by atoms with Gasteiger partial charge in [0.2, 0.25) is 0 Å². The van der Waals surface area contributed by atoms with E-state index in [-0.39, 0.29) is 0 Å². The zero-order valence-electron chi connectivity index (χ0n) is 11.6. The molecule has 19 heavy (non-hydrogen) atoms. The summed E-state index contributed by atoms with van der Waals surface area (Å²) < 4.78 is 7.38. The van der Waals surface area contributed by atoms with Gasteiger partial charge >= 0.3 is 0 Å². The maximum Gasteiger partial charge on any atom is 0.0719 e. The fraction of sp³-hybridized carbons (Fsp3) is 0.400. The van der Waals surface area contributed by atoms with Crippen LogP contribution in [0.15, 0.2) is 36.5 Å². The Morgan fingerprint density at radius 1 is 1.16 bits per heavy atom. The molecule has 0 radical (unpaired) electrons. The number of ether oxygens (including phenoxy) is 1. The summed E-state index contributed by atoms with van der Waals surface area (Å²) in [4.78, 5) is 0. The van der Waals surface area contributed by atoms with Gasteiger partial charge in [-0.15, -0.1) is 0 Å². The van der Waals surface area contributed by atoms with E-state index in [0.29, 0.717) is 6.61 Å². The van der Waals surface area contributed by atoms with Gasteiger partial charge in [0.25, 0.3) is 0 Å².